The summed E-state index contributed by atoms with van der Waals surface area (Å²) in [4.78, 5) is 4.57. The Labute approximate surface area is 157 Å². The largest absolute Gasteiger partial charge is 0.451 e. The van der Waals surface area contributed by atoms with Crippen molar-refractivity contribution in [2.24, 2.45) is 7.05 Å². The molecule has 0 aliphatic heterocycles. The van der Waals surface area contributed by atoms with Gasteiger partial charge in [0.25, 0.3) is 0 Å². The molecule has 0 unspecified atom stereocenters. The van der Waals surface area contributed by atoms with E-state index in [0.717, 1.165) is 20.8 Å². The van der Waals surface area contributed by atoms with Gasteiger partial charge in [0, 0.05) is 23.7 Å². The van der Waals surface area contributed by atoms with Gasteiger partial charge in [-0.1, -0.05) is 49.9 Å². The van der Waals surface area contributed by atoms with Crippen molar-refractivity contribution < 1.29 is 13.2 Å². The third-order valence-electron chi connectivity index (χ3n) is 3.81. The first-order valence-corrected chi connectivity index (χ1v) is 9.76. The average molecular weight is 398 g/mol. The second-order valence-corrected chi connectivity index (χ2v) is 7.87. The van der Waals surface area contributed by atoms with Crippen molar-refractivity contribution >= 4 is 23.1 Å². The van der Waals surface area contributed by atoms with Crippen molar-refractivity contribution in [1.29, 1.82) is 0 Å². The van der Waals surface area contributed by atoms with E-state index in [1.165, 1.54) is 35.7 Å². The fraction of sp³-hybridized carbons (Fsp3) is 0.353. The molecule has 0 fully saturated rings. The molecular formula is C17H17F3N4S2. The van der Waals surface area contributed by atoms with E-state index in [9.17, 15) is 13.2 Å². The Morgan fingerprint density at radius 2 is 1.85 bits per heavy atom. The number of alkyl halides is 3. The minimum absolute atomic E-state index is 0.216. The van der Waals surface area contributed by atoms with Crippen molar-refractivity contribution in [3.05, 3.63) is 46.7 Å². The van der Waals surface area contributed by atoms with Gasteiger partial charge in [-0.15, -0.1) is 21.5 Å². The molecule has 0 atom stereocenters. The van der Waals surface area contributed by atoms with Crippen molar-refractivity contribution in [1.82, 2.24) is 19.7 Å². The minimum Gasteiger partial charge on any atom is -0.302 e. The molecule has 2 heterocycles. The van der Waals surface area contributed by atoms with E-state index in [2.05, 4.69) is 41.2 Å². The molecule has 26 heavy (non-hydrogen) atoms. The molecule has 3 rings (SSSR count). The maximum atomic E-state index is 12.8. The zero-order chi connectivity index (χ0) is 18.9. The maximum Gasteiger partial charge on any atom is 0.451 e. The predicted octanol–water partition coefficient (Wildman–Crippen LogP) is 5.37. The van der Waals surface area contributed by atoms with Crippen LogP contribution < -0.4 is 0 Å². The van der Waals surface area contributed by atoms with Crippen LogP contribution in [-0.2, 0) is 19.0 Å². The number of thiazole rings is 1. The molecule has 1 aromatic carbocycles. The summed E-state index contributed by atoms with van der Waals surface area (Å²) in [6.07, 6.45) is -4.50. The van der Waals surface area contributed by atoms with E-state index in [-0.39, 0.29) is 5.16 Å². The second kappa shape index (κ2) is 7.40. The molecule has 0 bridgehead atoms. The Balaban J connectivity index is 1.68. The Kier molecular flexibility index (Phi) is 5.38. The number of nitrogens with zero attached hydrogens (tertiary/aromatic N) is 4. The van der Waals surface area contributed by atoms with Gasteiger partial charge < -0.3 is 4.57 Å². The summed E-state index contributed by atoms with van der Waals surface area (Å²) in [6, 6.07) is 8.27. The zero-order valence-corrected chi connectivity index (χ0v) is 16.0. The average Bonchev–Trinajstić information content (AvgIpc) is 3.19. The van der Waals surface area contributed by atoms with Crippen molar-refractivity contribution in [2.75, 3.05) is 0 Å². The first-order chi connectivity index (χ1) is 12.3. The van der Waals surface area contributed by atoms with Crippen LogP contribution in [0.4, 0.5) is 13.2 Å². The Hall–Kier alpha value is -1.87. The summed E-state index contributed by atoms with van der Waals surface area (Å²) in [5.41, 5.74) is 3.11. The molecule has 2 aromatic heterocycles. The van der Waals surface area contributed by atoms with Crippen LogP contribution in [-0.4, -0.2) is 19.7 Å². The number of halogens is 3. The highest BCUT2D eigenvalue weighted by molar-refractivity contribution is 7.98. The molecule has 0 spiro atoms. The van der Waals surface area contributed by atoms with E-state index >= 15 is 0 Å². The maximum absolute atomic E-state index is 12.8. The first-order valence-electron chi connectivity index (χ1n) is 7.90. The minimum atomic E-state index is -4.50. The van der Waals surface area contributed by atoms with Crippen LogP contribution in [0.2, 0.25) is 0 Å². The van der Waals surface area contributed by atoms with Gasteiger partial charge in [-0.05, 0) is 11.5 Å². The monoisotopic (exact) mass is 398 g/mol. The van der Waals surface area contributed by atoms with Gasteiger partial charge in [-0.3, -0.25) is 0 Å². The summed E-state index contributed by atoms with van der Waals surface area (Å²) in [7, 11) is 1.31. The topological polar surface area (TPSA) is 43.6 Å². The third-order valence-corrected chi connectivity index (χ3v) is 5.81. The molecule has 3 aromatic rings. The molecule has 0 radical (unpaired) electrons. The number of hydrogen-bond acceptors (Lipinski definition) is 5. The third kappa shape index (κ3) is 4.09. The molecule has 0 amide bonds. The number of aromatic nitrogens is 4. The second-order valence-electron chi connectivity index (χ2n) is 6.07. The number of hydrogen-bond donors (Lipinski definition) is 0. The fourth-order valence-corrected chi connectivity index (χ4v) is 4.08. The van der Waals surface area contributed by atoms with Crippen LogP contribution in [0.1, 0.15) is 36.8 Å². The van der Waals surface area contributed by atoms with Crippen molar-refractivity contribution in [3.8, 4) is 10.6 Å². The smallest absolute Gasteiger partial charge is 0.302 e. The molecule has 0 N–H and O–H groups in total. The predicted molar refractivity (Wildman–Crippen MR) is 97.2 cm³/mol. The van der Waals surface area contributed by atoms with Gasteiger partial charge in [0.15, 0.2) is 5.16 Å². The van der Waals surface area contributed by atoms with Crippen LogP contribution in [0.25, 0.3) is 10.6 Å². The quantitative estimate of drug-likeness (QED) is 0.542. The highest BCUT2D eigenvalue weighted by atomic mass is 32.2. The molecule has 0 aliphatic carbocycles. The molecule has 0 aliphatic rings. The van der Waals surface area contributed by atoms with Gasteiger partial charge in [-0.2, -0.15) is 13.2 Å². The lowest BCUT2D eigenvalue weighted by Crippen LogP contribution is -2.12. The molecule has 4 nitrogen and oxygen atoms in total. The summed E-state index contributed by atoms with van der Waals surface area (Å²) < 4.78 is 39.2. The van der Waals surface area contributed by atoms with Crippen LogP contribution >= 0.6 is 23.1 Å². The standard InChI is InChI=1S/C17H17F3N4S2/c1-10(2)11-4-6-12(7-5-11)14-21-13(8-25-14)9-26-16-23-22-15(24(16)3)17(18,19)20/h4-8,10H,9H2,1-3H3. The normalized spacial score (nSPS) is 12.1. The van der Waals surface area contributed by atoms with Crippen molar-refractivity contribution in [2.45, 2.75) is 36.9 Å². The van der Waals surface area contributed by atoms with Gasteiger partial charge >= 0.3 is 6.18 Å². The molecule has 0 saturated heterocycles. The Morgan fingerprint density at radius 3 is 2.42 bits per heavy atom. The van der Waals surface area contributed by atoms with Crippen LogP contribution in [0, 0.1) is 0 Å². The summed E-state index contributed by atoms with van der Waals surface area (Å²) in [5.74, 6) is -0.0887. The highest BCUT2D eigenvalue weighted by Gasteiger charge is 2.37. The van der Waals surface area contributed by atoms with E-state index in [1.54, 1.807) is 0 Å². The van der Waals surface area contributed by atoms with E-state index < -0.39 is 12.0 Å². The first kappa shape index (κ1) is 18.9. The lowest BCUT2D eigenvalue weighted by molar-refractivity contribution is -0.147. The van der Waals surface area contributed by atoms with Crippen LogP contribution in [0.5, 0.6) is 0 Å². The van der Waals surface area contributed by atoms with Crippen LogP contribution in [0.15, 0.2) is 34.8 Å². The zero-order valence-electron chi connectivity index (χ0n) is 14.4. The van der Waals surface area contributed by atoms with Gasteiger partial charge in [-0.25, -0.2) is 4.98 Å². The molecule has 138 valence electrons. The summed E-state index contributed by atoms with van der Waals surface area (Å²) in [6.45, 7) is 4.29. The Morgan fingerprint density at radius 1 is 1.15 bits per heavy atom. The summed E-state index contributed by atoms with van der Waals surface area (Å²) >= 11 is 2.70. The van der Waals surface area contributed by atoms with E-state index in [0.29, 0.717) is 11.7 Å². The van der Waals surface area contributed by atoms with Gasteiger partial charge in [0.2, 0.25) is 5.82 Å². The van der Waals surface area contributed by atoms with Gasteiger partial charge in [0.05, 0.1) is 5.69 Å². The summed E-state index contributed by atoms with van der Waals surface area (Å²) in [5, 5.41) is 9.87. The molecule has 9 heteroatoms. The number of thioether (sulfide) groups is 1. The fourth-order valence-electron chi connectivity index (χ4n) is 2.34. The van der Waals surface area contributed by atoms with Crippen LogP contribution in [0.3, 0.4) is 0 Å². The molecular weight excluding hydrogens is 381 g/mol. The number of benzene rings is 1. The number of rotatable bonds is 5. The van der Waals surface area contributed by atoms with E-state index in [1.807, 2.05) is 17.5 Å². The lowest BCUT2D eigenvalue weighted by Gasteiger charge is -2.06. The highest BCUT2D eigenvalue weighted by Crippen LogP contribution is 2.31. The Bertz CT molecular complexity index is 882. The lowest BCUT2D eigenvalue weighted by atomic mass is 10.0. The SMILES string of the molecule is CC(C)c1ccc(-c2nc(CSc3nnc(C(F)(F)F)n3C)cs2)cc1. The van der Waals surface area contributed by atoms with Crippen molar-refractivity contribution in [3.63, 3.8) is 0 Å². The van der Waals surface area contributed by atoms with E-state index in [4.69, 9.17) is 0 Å². The molecule has 0 saturated carbocycles. The van der Waals surface area contributed by atoms with Gasteiger partial charge in [0.1, 0.15) is 5.01 Å².